The normalized spacial score (nSPS) is 11.6. The van der Waals surface area contributed by atoms with Gasteiger partial charge in [0.05, 0.1) is 5.69 Å². The van der Waals surface area contributed by atoms with E-state index in [0.29, 0.717) is 11.4 Å². The molecule has 0 aliphatic carbocycles. The summed E-state index contributed by atoms with van der Waals surface area (Å²) in [7, 11) is 0. The minimum atomic E-state index is -1.17. The van der Waals surface area contributed by atoms with Crippen LogP contribution in [0.1, 0.15) is 48.8 Å². The smallest absolute Gasteiger partial charge is 0.273 e. The van der Waals surface area contributed by atoms with Gasteiger partial charge in [0.1, 0.15) is 16.4 Å². The molecule has 1 atom stereocenters. The number of benzene rings is 2. The molecule has 4 rings (SSSR count). The first-order valence-electron chi connectivity index (χ1n) is 11.1. The second kappa shape index (κ2) is 10.4. The first-order valence-corrected chi connectivity index (χ1v) is 11.9. The molecule has 0 saturated heterocycles. The molecule has 9 nitrogen and oxygen atoms in total. The molecule has 10 heteroatoms. The second-order valence-corrected chi connectivity index (χ2v) is 8.93. The van der Waals surface area contributed by atoms with E-state index in [4.69, 9.17) is 15.9 Å². The summed E-state index contributed by atoms with van der Waals surface area (Å²) in [5, 5.41) is 2.91. The van der Waals surface area contributed by atoms with Gasteiger partial charge in [-0.05, 0) is 54.7 Å². The Morgan fingerprint density at radius 2 is 1.72 bits per heavy atom. The minimum absolute atomic E-state index is 0.00353. The summed E-state index contributed by atoms with van der Waals surface area (Å²) in [5.41, 5.74) is 13.2. The highest BCUT2D eigenvalue weighted by Gasteiger charge is 2.38. The van der Waals surface area contributed by atoms with Crippen molar-refractivity contribution >= 4 is 40.6 Å². The molecule has 0 saturated carbocycles. The van der Waals surface area contributed by atoms with Gasteiger partial charge in [-0.3, -0.25) is 19.3 Å². The van der Waals surface area contributed by atoms with Crippen LogP contribution in [0.4, 0.5) is 11.4 Å². The molecule has 5 N–H and O–H groups in total. The van der Waals surface area contributed by atoms with Crippen molar-refractivity contribution in [3.05, 3.63) is 99.9 Å². The van der Waals surface area contributed by atoms with E-state index >= 15 is 0 Å². The Kier molecular flexibility index (Phi) is 7.16. The summed E-state index contributed by atoms with van der Waals surface area (Å²) in [6.45, 7) is 3.83. The monoisotopic (exact) mass is 503 g/mol. The number of nitrogens with two attached hydrogens (primary N) is 2. The number of aromatic nitrogens is 1. The Morgan fingerprint density at radius 1 is 1.03 bits per heavy atom. The standard InChI is InChI=1S/C26H25N5O4S/c1-15-8-6-7-11-18(15)31(26(34)23-20(27)21(24(28)32)30-36-23)22(19-13-12-16(2)35-19)25(33)29-14-17-9-4-3-5-10-17/h3-13,22H,14,27H2,1-2H3,(H2,28,32)(H,29,33). The van der Waals surface area contributed by atoms with Crippen molar-refractivity contribution in [2.75, 3.05) is 10.6 Å². The fourth-order valence-corrected chi connectivity index (χ4v) is 4.54. The summed E-state index contributed by atoms with van der Waals surface area (Å²) in [4.78, 5) is 40.7. The van der Waals surface area contributed by atoms with E-state index in [1.807, 2.05) is 49.4 Å². The van der Waals surface area contributed by atoms with Crippen LogP contribution in [0.15, 0.2) is 71.1 Å². The molecule has 2 heterocycles. The van der Waals surface area contributed by atoms with Gasteiger partial charge in [-0.1, -0.05) is 48.5 Å². The lowest BCUT2D eigenvalue weighted by Gasteiger charge is -2.30. The zero-order chi connectivity index (χ0) is 25.8. The third kappa shape index (κ3) is 4.98. The van der Waals surface area contributed by atoms with Crippen LogP contribution in [0.2, 0.25) is 0 Å². The molecule has 0 radical (unpaired) electrons. The number of hydrogen-bond acceptors (Lipinski definition) is 7. The summed E-state index contributed by atoms with van der Waals surface area (Å²) < 4.78 is 9.81. The van der Waals surface area contributed by atoms with Crippen LogP contribution in [0, 0.1) is 13.8 Å². The van der Waals surface area contributed by atoms with E-state index in [9.17, 15) is 14.4 Å². The molecule has 0 fully saturated rings. The van der Waals surface area contributed by atoms with Crippen molar-refractivity contribution in [3.8, 4) is 0 Å². The molecule has 0 bridgehead atoms. The van der Waals surface area contributed by atoms with Crippen LogP contribution in [-0.4, -0.2) is 22.1 Å². The van der Waals surface area contributed by atoms with E-state index in [1.165, 1.54) is 4.90 Å². The molecule has 0 aliphatic heterocycles. The van der Waals surface area contributed by atoms with Crippen molar-refractivity contribution < 1.29 is 18.8 Å². The number of nitrogens with one attached hydrogen (secondary N) is 1. The van der Waals surface area contributed by atoms with Gasteiger partial charge < -0.3 is 21.2 Å². The Bertz CT molecular complexity index is 1410. The summed E-state index contributed by atoms with van der Waals surface area (Å²) >= 11 is 0.752. The first kappa shape index (κ1) is 24.7. The summed E-state index contributed by atoms with van der Waals surface area (Å²) in [6.07, 6.45) is 0. The Hall–Kier alpha value is -4.44. The lowest BCUT2D eigenvalue weighted by atomic mass is 10.1. The molecular weight excluding hydrogens is 478 g/mol. The second-order valence-electron chi connectivity index (χ2n) is 8.15. The first-order chi connectivity index (χ1) is 17.3. The maximum atomic E-state index is 14.0. The number of anilines is 2. The molecular formula is C26H25N5O4S. The third-order valence-corrected chi connectivity index (χ3v) is 6.45. The van der Waals surface area contributed by atoms with Gasteiger partial charge in [-0.25, -0.2) is 0 Å². The average Bonchev–Trinajstić information content (AvgIpc) is 3.47. The zero-order valence-corrected chi connectivity index (χ0v) is 20.5. The van der Waals surface area contributed by atoms with Crippen molar-refractivity contribution in [1.29, 1.82) is 0 Å². The van der Waals surface area contributed by atoms with E-state index in [-0.39, 0.29) is 28.6 Å². The van der Waals surface area contributed by atoms with Gasteiger partial charge >= 0.3 is 0 Å². The Labute approximate surface area is 211 Å². The molecule has 184 valence electrons. The highest BCUT2D eigenvalue weighted by Crippen LogP contribution is 2.35. The lowest BCUT2D eigenvalue weighted by Crippen LogP contribution is -2.44. The maximum Gasteiger partial charge on any atom is 0.273 e. The van der Waals surface area contributed by atoms with Crippen LogP contribution in [0.3, 0.4) is 0 Å². The third-order valence-electron chi connectivity index (χ3n) is 5.60. The topological polar surface area (TPSA) is 145 Å². The van der Waals surface area contributed by atoms with Crippen LogP contribution >= 0.6 is 11.5 Å². The number of para-hydroxylation sites is 1. The van der Waals surface area contributed by atoms with Crippen molar-refractivity contribution in [2.24, 2.45) is 5.73 Å². The number of nitrogen functional groups attached to an aromatic ring is 1. The van der Waals surface area contributed by atoms with Crippen molar-refractivity contribution in [3.63, 3.8) is 0 Å². The van der Waals surface area contributed by atoms with E-state index in [1.54, 1.807) is 31.2 Å². The summed E-state index contributed by atoms with van der Waals surface area (Å²) in [5.74, 6) is -1.06. The molecule has 1 unspecified atom stereocenters. The predicted octanol–water partition coefficient (Wildman–Crippen LogP) is 3.74. The van der Waals surface area contributed by atoms with E-state index in [0.717, 1.165) is 22.7 Å². The number of carbonyl (C=O) groups is 3. The van der Waals surface area contributed by atoms with Crippen LogP contribution in [0.5, 0.6) is 0 Å². The van der Waals surface area contributed by atoms with Crippen LogP contribution in [0.25, 0.3) is 0 Å². The number of rotatable bonds is 8. The zero-order valence-electron chi connectivity index (χ0n) is 19.7. The Balaban J connectivity index is 1.82. The number of primary amides is 1. The van der Waals surface area contributed by atoms with Gasteiger partial charge in [-0.15, -0.1) is 0 Å². The quantitative estimate of drug-likeness (QED) is 0.334. The number of nitrogens with zero attached hydrogens (tertiary/aromatic N) is 2. The number of hydrogen-bond donors (Lipinski definition) is 3. The lowest BCUT2D eigenvalue weighted by molar-refractivity contribution is -0.123. The minimum Gasteiger partial charge on any atom is -0.464 e. The van der Waals surface area contributed by atoms with Gasteiger partial charge in [0, 0.05) is 12.2 Å². The molecule has 36 heavy (non-hydrogen) atoms. The van der Waals surface area contributed by atoms with Gasteiger partial charge in [0.25, 0.3) is 17.7 Å². The number of aryl methyl sites for hydroxylation is 2. The molecule has 2 aromatic heterocycles. The van der Waals surface area contributed by atoms with Crippen LogP contribution in [-0.2, 0) is 11.3 Å². The SMILES string of the molecule is Cc1ccc(C(C(=O)NCc2ccccc2)N(C(=O)c2snc(C(N)=O)c2N)c2ccccc2C)o1. The molecule has 4 aromatic rings. The number of carbonyl (C=O) groups excluding carboxylic acids is 3. The predicted molar refractivity (Wildman–Crippen MR) is 138 cm³/mol. The fourth-order valence-electron chi connectivity index (χ4n) is 3.79. The molecule has 3 amide bonds. The largest absolute Gasteiger partial charge is 0.464 e. The molecule has 0 spiro atoms. The van der Waals surface area contributed by atoms with Crippen molar-refractivity contribution in [1.82, 2.24) is 9.69 Å². The number of furan rings is 1. The molecule has 2 aromatic carbocycles. The van der Waals surface area contributed by atoms with Gasteiger partial charge in [-0.2, -0.15) is 4.37 Å². The highest BCUT2D eigenvalue weighted by molar-refractivity contribution is 7.09. The highest BCUT2D eigenvalue weighted by atomic mass is 32.1. The maximum absolute atomic E-state index is 14.0. The van der Waals surface area contributed by atoms with Crippen LogP contribution < -0.4 is 21.7 Å². The Morgan fingerprint density at radius 3 is 2.33 bits per heavy atom. The van der Waals surface area contributed by atoms with Gasteiger partial charge in [0.2, 0.25) is 0 Å². The molecule has 0 aliphatic rings. The van der Waals surface area contributed by atoms with Gasteiger partial charge in [0.15, 0.2) is 11.7 Å². The van der Waals surface area contributed by atoms with Crippen molar-refractivity contribution in [2.45, 2.75) is 26.4 Å². The fraction of sp³-hybridized carbons (Fsp3) is 0.154. The average molecular weight is 504 g/mol. The number of amides is 3. The van der Waals surface area contributed by atoms with E-state index < -0.39 is 23.8 Å². The van der Waals surface area contributed by atoms with E-state index in [2.05, 4.69) is 9.69 Å². The summed E-state index contributed by atoms with van der Waals surface area (Å²) in [6, 6.07) is 18.8.